The standard InChI is InChI=1S/C15H18BrN3O/c16-13-7-6-12(10-18-13)14(20)19-15(11-17)8-4-2-1-3-5-9-15/h6-7,10H,1-5,8-9H2,(H,19,20). The van der Waals surface area contributed by atoms with Crippen LogP contribution in [-0.4, -0.2) is 16.4 Å². The maximum Gasteiger partial charge on any atom is 0.254 e. The van der Waals surface area contributed by atoms with Crippen LogP contribution in [0.15, 0.2) is 22.9 Å². The fourth-order valence-corrected chi connectivity index (χ4v) is 2.81. The number of aromatic nitrogens is 1. The van der Waals surface area contributed by atoms with E-state index in [1.54, 1.807) is 12.1 Å². The molecule has 0 aromatic carbocycles. The van der Waals surface area contributed by atoms with E-state index >= 15 is 0 Å². The Morgan fingerprint density at radius 1 is 1.25 bits per heavy atom. The third kappa shape index (κ3) is 3.80. The summed E-state index contributed by atoms with van der Waals surface area (Å²) in [6.45, 7) is 0. The van der Waals surface area contributed by atoms with E-state index in [1.165, 1.54) is 12.6 Å². The molecule has 1 saturated carbocycles. The Balaban J connectivity index is 2.10. The van der Waals surface area contributed by atoms with Gasteiger partial charge in [0.15, 0.2) is 0 Å². The summed E-state index contributed by atoms with van der Waals surface area (Å²) in [4.78, 5) is 16.3. The van der Waals surface area contributed by atoms with E-state index < -0.39 is 5.54 Å². The van der Waals surface area contributed by atoms with Crippen molar-refractivity contribution in [2.45, 2.75) is 50.5 Å². The first kappa shape index (κ1) is 15.0. The minimum atomic E-state index is -0.718. The van der Waals surface area contributed by atoms with Crippen LogP contribution in [0.5, 0.6) is 0 Å². The highest BCUT2D eigenvalue weighted by Gasteiger charge is 2.32. The normalized spacial score (nSPS) is 18.4. The zero-order chi connectivity index (χ0) is 14.4. The molecule has 0 aliphatic heterocycles. The fourth-order valence-electron chi connectivity index (χ4n) is 2.57. The third-order valence-electron chi connectivity index (χ3n) is 3.76. The van der Waals surface area contributed by atoms with Gasteiger partial charge in [-0.15, -0.1) is 0 Å². The number of hydrogen-bond acceptors (Lipinski definition) is 3. The van der Waals surface area contributed by atoms with Gasteiger partial charge in [0, 0.05) is 6.20 Å². The first-order chi connectivity index (χ1) is 9.65. The lowest BCUT2D eigenvalue weighted by molar-refractivity contribution is 0.0907. The smallest absolute Gasteiger partial charge is 0.254 e. The molecular formula is C15H18BrN3O. The van der Waals surface area contributed by atoms with Crippen molar-refractivity contribution in [2.24, 2.45) is 0 Å². The minimum absolute atomic E-state index is 0.216. The number of amides is 1. The van der Waals surface area contributed by atoms with Crippen molar-refractivity contribution in [3.8, 4) is 6.07 Å². The second-order valence-corrected chi connectivity index (χ2v) is 6.10. The molecule has 1 fully saturated rings. The molecule has 4 nitrogen and oxygen atoms in total. The Kier molecular flexibility index (Phi) is 5.13. The molecule has 1 amide bonds. The summed E-state index contributed by atoms with van der Waals surface area (Å²) in [5.74, 6) is -0.216. The maximum atomic E-state index is 12.3. The van der Waals surface area contributed by atoms with E-state index in [-0.39, 0.29) is 5.91 Å². The highest BCUT2D eigenvalue weighted by atomic mass is 79.9. The maximum absolute atomic E-state index is 12.3. The summed E-state index contributed by atoms with van der Waals surface area (Å²) in [7, 11) is 0. The van der Waals surface area contributed by atoms with Gasteiger partial charge in [-0.1, -0.05) is 32.1 Å². The van der Waals surface area contributed by atoms with E-state index in [9.17, 15) is 10.1 Å². The van der Waals surface area contributed by atoms with Crippen LogP contribution in [0.25, 0.3) is 0 Å². The largest absolute Gasteiger partial charge is 0.334 e. The van der Waals surface area contributed by atoms with Crippen LogP contribution in [0.3, 0.4) is 0 Å². The number of carbonyl (C=O) groups excluding carboxylic acids is 1. The SMILES string of the molecule is N#CC1(NC(=O)c2ccc(Br)nc2)CCCCCCC1. The summed E-state index contributed by atoms with van der Waals surface area (Å²) < 4.78 is 0.690. The second kappa shape index (κ2) is 6.85. The molecule has 1 heterocycles. The van der Waals surface area contributed by atoms with Crippen LogP contribution >= 0.6 is 15.9 Å². The topological polar surface area (TPSA) is 65.8 Å². The van der Waals surface area contributed by atoms with Gasteiger partial charge in [-0.3, -0.25) is 4.79 Å². The zero-order valence-corrected chi connectivity index (χ0v) is 12.9. The summed E-state index contributed by atoms with van der Waals surface area (Å²) in [5.41, 5.74) is -0.227. The predicted octanol–water partition coefficient (Wildman–Crippen LogP) is 3.58. The van der Waals surface area contributed by atoms with Gasteiger partial charge in [0.2, 0.25) is 0 Å². The molecular weight excluding hydrogens is 318 g/mol. The molecule has 0 bridgehead atoms. The van der Waals surface area contributed by atoms with Crippen molar-refractivity contribution in [3.63, 3.8) is 0 Å². The quantitative estimate of drug-likeness (QED) is 0.840. The van der Waals surface area contributed by atoms with E-state index in [0.717, 1.165) is 38.5 Å². The number of carbonyl (C=O) groups is 1. The van der Waals surface area contributed by atoms with Crippen LogP contribution in [0.2, 0.25) is 0 Å². The molecule has 1 aliphatic carbocycles. The minimum Gasteiger partial charge on any atom is -0.334 e. The summed E-state index contributed by atoms with van der Waals surface area (Å²) in [5, 5.41) is 12.4. The number of nitrogens with zero attached hydrogens (tertiary/aromatic N) is 2. The first-order valence-electron chi connectivity index (χ1n) is 7.00. The summed E-state index contributed by atoms with van der Waals surface area (Å²) in [6.07, 6.45) is 8.48. The van der Waals surface area contributed by atoms with E-state index in [1.807, 2.05) is 0 Å². The zero-order valence-electron chi connectivity index (χ0n) is 11.4. The Labute approximate surface area is 127 Å². The molecule has 0 atom stereocenters. The molecule has 0 saturated heterocycles. The number of rotatable bonds is 2. The molecule has 1 N–H and O–H groups in total. The van der Waals surface area contributed by atoms with Crippen LogP contribution in [0.4, 0.5) is 0 Å². The van der Waals surface area contributed by atoms with Crippen LogP contribution in [-0.2, 0) is 0 Å². The molecule has 20 heavy (non-hydrogen) atoms. The Morgan fingerprint density at radius 3 is 2.45 bits per heavy atom. The van der Waals surface area contributed by atoms with Crippen LogP contribution in [0.1, 0.15) is 55.3 Å². The van der Waals surface area contributed by atoms with Crippen molar-refractivity contribution in [1.29, 1.82) is 5.26 Å². The molecule has 2 rings (SSSR count). The highest BCUT2D eigenvalue weighted by Crippen LogP contribution is 2.26. The van der Waals surface area contributed by atoms with E-state index in [0.29, 0.717) is 10.2 Å². The molecule has 0 radical (unpaired) electrons. The number of halogens is 1. The molecule has 0 spiro atoms. The number of pyridine rings is 1. The third-order valence-corrected chi connectivity index (χ3v) is 4.23. The van der Waals surface area contributed by atoms with Gasteiger partial charge in [0.25, 0.3) is 5.91 Å². The molecule has 106 valence electrons. The van der Waals surface area contributed by atoms with E-state index in [4.69, 9.17) is 0 Å². The van der Waals surface area contributed by atoms with Gasteiger partial charge in [-0.2, -0.15) is 5.26 Å². The Hall–Kier alpha value is -1.41. The molecule has 1 aromatic rings. The van der Waals surface area contributed by atoms with Crippen LogP contribution in [0, 0.1) is 11.3 Å². The van der Waals surface area contributed by atoms with Crippen molar-refractivity contribution < 1.29 is 4.79 Å². The summed E-state index contributed by atoms with van der Waals surface area (Å²) >= 11 is 3.24. The lowest BCUT2D eigenvalue weighted by Crippen LogP contribution is -2.47. The lowest BCUT2D eigenvalue weighted by atomic mass is 9.85. The van der Waals surface area contributed by atoms with Gasteiger partial charge in [-0.25, -0.2) is 4.98 Å². The van der Waals surface area contributed by atoms with E-state index in [2.05, 4.69) is 32.3 Å². The summed E-state index contributed by atoms with van der Waals surface area (Å²) in [6, 6.07) is 5.77. The molecule has 0 unspecified atom stereocenters. The van der Waals surface area contributed by atoms with Gasteiger partial charge < -0.3 is 5.32 Å². The van der Waals surface area contributed by atoms with Crippen molar-refractivity contribution >= 4 is 21.8 Å². The molecule has 5 heteroatoms. The molecule has 1 aliphatic rings. The van der Waals surface area contributed by atoms with Gasteiger partial charge in [0.1, 0.15) is 10.1 Å². The van der Waals surface area contributed by atoms with Crippen molar-refractivity contribution in [1.82, 2.24) is 10.3 Å². The number of hydrogen-bond donors (Lipinski definition) is 1. The average molecular weight is 336 g/mol. The average Bonchev–Trinajstić information content (AvgIpc) is 2.43. The molecule has 1 aromatic heterocycles. The monoisotopic (exact) mass is 335 g/mol. The number of nitriles is 1. The first-order valence-corrected chi connectivity index (χ1v) is 7.80. The second-order valence-electron chi connectivity index (χ2n) is 5.29. The van der Waals surface area contributed by atoms with Crippen molar-refractivity contribution in [2.75, 3.05) is 0 Å². The van der Waals surface area contributed by atoms with Crippen molar-refractivity contribution in [3.05, 3.63) is 28.5 Å². The van der Waals surface area contributed by atoms with Crippen LogP contribution < -0.4 is 5.32 Å². The van der Waals surface area contributed by atoms with Gasteiger partial charge in [0.05, 0.1) is 11.6 Å². The fraction of sp³-hybridized carbons (Fsp3) is 0.533. The predicted molar refractivity (Wildman–Crippen MR) is 80.1 cm³/mol. The Morgan fingerprint density at radius 2 is 1.90 bits per heavy atom. The van der Waals surface area contributed by atoms with Gasteiger partial charge >= 0.3 is 0 Å². The Bertz CT molecular complexity index is 499. The highest BCUT2D eigenvalue weighted by molar-refractivity contribution is 9.10. The van der Waals surface area contributed by atoms with Gasteiger partial charge in [-0.05, 0) is 40.9 Å². The lowest BCUT2D eigenvalue weighted by Gasteiger charge is -2.29. The number of nitrogens with one attached hydrogen (secondary N) is 1.